The number of sulfonamides is 1. The summed E-state index contributed by atoms with van der Waals surface area (Å²) in [6, 6.07) is 15.4. The van der Waals surface area contributed by atoms with Crippen molar-refractivity contribution in [2.75, 3.05) is 6.54 Å². The molecule has 0 unspecified atom stereocenters. The van der Waals surface area contributed by atoms with Crippen molar-refractivity contribution >= 4 is 10.0 Å². The van der Waals surface area contributed by atoms with Crippen LogP contribution >= 0.6 is 0 Å². The Balaban J connectivity index is 1.94. The van der Waals surface area contributed by atoms with Crippen LogP contribution in [0.1, 0.15) is 42.5 Å². The summed E-state index contributed by atoms with van der Waals surface area (Å²) in [7, 11) is -3.44. The maximum Gasteiger partial charge on any atom is 0.243 e. The summed E-state index contributed by atoms with van der Waals surface area (Å²) in [5.41, 5.74) is 3.41. The Labute approximate surface area is 139 Å². The van der Waals surface area contributed by atoms with Crippen LogP contribution in [0.15, 0.2) is 53.4 Å². The molecule has 3 nitrogen and oxygen atoms in total. The van der Waals surface area contributed by atoms with E-state index in [1.54, 1.807) is 16.4 Å². The fourth-order valence-corrected chi connectivity index (χ4v) is 4.95. The van der Waals surface area contributed by atoms with Gasteiger partial charge in [0.05, 0.1) is 10.9 Å². The van der Waals surface area contributed by atoms with E-state index in [4.69, 9.17) is 0 Å². The van der Waals surface area contributed by atoms with E-state index in [1.807, 2.05) is 37.3 Å². The SMILES string of the molecule is CCc1ccc(S(=O)(=O)N2CCC[C@H]2c2cccc(C)c2)cc1. The molecule has 0 bridgehead atoms. The molecule has 122 valence electrons. The molecule has 1 aliphatic heterocycles. The van der Waals surface area contributed by atoms with Crippen molar-refractivity contribution in [2.45, 2.75) is 44.0 Å². The van der Waals surface area contributed by atoms with E-state index in [9.17, 15) is 8.42 Å². The lowest BCUT2D eigenvalue weighted by atomic mass is 10.0. The zero-order valence-corrected chi connectivity index (χ0v) is 14.5. The third kappa shape index (κ3) is 3.19. The average molecular weight is 329 g/mol. The predicted molar refractivity (Wildman–Crippen MR) is 92.9 cm³/mol. The number of benzene rings is 2. The minimum absolute atomic E-state index is 0.0502. The molecule has 1 aliphatic rings. The molecule has 0 radical (unpaired) electrons. The monoisotopic (exact) mass is 329 g/mol. The quantitative estimate of drug-likeness (QED) is 0.847. The second-order valence-electron chi connectivity index (χ2n) is 6.19. The van der Waals surface area contributed by atoms with Crippen LogP contribution in [0.25, 0.3) is 0 Å². The van der Waals surface area contributed by atoms with Crippen LogP contribution in [0.2, 0.25) is 0 Å². The summed E-state index contributed by atoms with van der Waals surface area (Å²) < 4.78 is 27.7. The molecule has 0 saturated carbocycles. The molecule has 1 atom stereocenters. The number of rotatable bonds is 4. The normalized spacial score (nSPS) is 19.1. The van der Waals surface area contributed by atoms with Gasteiger partial charge in [0.15, 0.2) is 0 Å². The lowest BCUT2D eigenvalue weighted by Gasteiger charge is -2.25. The molecule has 0 spiro atoms. The van der Waals surface area contributed by atoms with E-state index >= 15 is 0 Å². The third-order valence-corrected chi connectivity index (χ3v) is 6.49. The lowest BCUT2D eigenvalue weighted by Crippen LogP contribution is -2.30. The first-order chi connectivity index (χ1) is 11.0. The van der Waals surface area contributed by atoms with Crippen molar-refractivity contribution in [3.05, 3.63) is 65.2 Å². The van der Waals surface area contributed by atoms with Gasteiger partial charge in [-0.15, -0.1) is 0 Å². The second-order valence-corrected chi connectivity index (χ2v) is 8.08. The summed E-state index contributed by atoms with van der Waals surface area (Å²) in [4.78, 5) is 0.397. The van der Waals surface area contributed by atoms with E-state index in [1.165, 1.54) is 5.56 Å². The molecule has 1 saturated heterocycles. The fraction of sp³-hybridized carbons (Fsp3) is 0.368. The van der Waals surface area contributed by atoms with E-state index < -0.39 is 10.0 Å². The van der Waals surface area contributed by atoms with Crippen LogP contribution in [-0.4, -0.2) is 19.3 Å². The summed E-state index contributed by atoms with van der Waals surface area (Å²) in [6.45, 7) is 4.70. The van der Waals surface area contributed by atoms with Gasteiger partial charge in [0.1, 0.15) is 0 Å². The minimum Gasteiger partial charge on any atom is -0.207 e. The number of hydrogen-bond acceptors (Lipinski definition) is 2. The number of aryl methyl sites for hydroxylation is 2. The Morgan fingerprint density at radius 2 is 1.87 bits per heavy atom. The molecule has 0 N–H and O–H groups in total. The first-order valence-corrected chi connectivity index (χ1v) is 9.63. The highest BCUT2D eigenvalue weighted by molar-refractivity contribution is 7.89. The molecule has 1 heterocycles. The molecule has 23 heavy (non-hydrogen) atoms. The molecule has 3 rings (SSSR count). The van der Waals surface area contributed by atoms with Crippen LogP contribution in [0.5, 0.6) is 0 Å². The standard InChI is InChI=1S/C19H23NO2S/c1-3-16-9-11-18(12-10-16)23(21,22)20-13-5-8-19(20)17-7-4-6-15(2)14-17/h4,6-7,9-12,14,19H,3,5,8,13H2,1-2H3/t19-/m0/s1. The Kier molecular flexibility index (Phi) is 4.55. The molecule has 2 aromatic rings. The highest BCUT2D eigenvalue weighted by Gasteiger charge is 2.36. The Morgan fingerprint density at radius 1 is 1.13 bits per heavy atom. The van der Waals surface area contributed by atoms with Gasteiger partial charge in [-0.2, -0.15) is 4.31 Å². The second kappa shape index (κ2) is 6.46. The van der Waals surface area contributed by atoms with Gasteiger partial charge in [0, 0.05) is 6.54 Å². The van der Waals surface area contributed by atoms with Gasteiger partial charge in [0.2, 0.25) is 10.0 Å². The topological polar surface area (TPSA) is 37.4 Å². The largest absolute Gasteiger partial charge is 0.243 e. The zero-order valence-electron chi connectivity index (χ0n) is 13.7. The van der Waals surface area contributed by atoms with E-state index in [0.717, 1.165) is 30.4 Å². The molecular weight excluding hydrogens is 306 g/mol. The highest BCUT2D eigenvalue weighted by Crippen LogP contribution is 2.36. The molecule has 0 amide bonds. The van der Waals surface area contributed by atoms with Gasteiger partial charge in [0.25, 0.3) is 0 Å². The van der Waals surface area contributed by atoms with Crippen molar-refractivity contribution in [2.24, 2.45) is 0 Å². The van der Waals surface area contributed by atoms with Gasteiger partial charge in [-0.25, -0.2) is 8.42 Å². The van der Waals surface area contributed by atoms with E-state index in [-0.39, 0.29) is 6.04 Å². The lowest BCUT2D eigenvalue weighted by molar-refractivity contribution is 0.396. The highest BCUT2D eigenvalue weighted by atomic mass is 32.2. The summed E-state index contributed by atoms with van der Waals surface area (Å²) in [6.07, 6.45) is 2.70. The van der Waals surface area contributed by atoms with Gasteiger partial charge in [-0.05, 0) is 49.4 Å². The average Bonchev–Trinajstić information content (AvgIpc) is 3.05. The van der Waals surface area contributed by atoms with E-state index in [0.29, 0.717) is 11.4 Å². The van der Waals surface area contributed by atoms with Crippen molar-refractivity contribution < 1.29 is 8.42 Å². The molecule has 0 aliphatic carbocycles. The smallest absolute Gasteiger partial charge is 0.207 e. The van der Waals surface area contributed by atoms with Gasteiger partial charge < -0.3 is 0 Å². The van der Waals surface area contributed by atoms with Crippen molar-refractivity contribution in [1.82, 2.24) is 4.31 Å². The molecular formula is C19H23NO2S. The third-order valence-electron chi connectivity index (χ3n) is 4.57. The maximum absolute atomic E-state index is 13.0. The summed E-state index contributed by atoms with van der Waals surface area (Å²) in [5.74, 6) is 0. The molecule has 1 fully saturated rings. The van der Waals surface area contributed by atoms with Crippen molar-refractivity contribution in [3.8, 4) is 0 Å². The Bertz CT molecular complexity index is 781. The first-order valence-electron chi connectivity index (χ1n) is 8.19. The summed E-state index contributed by atoms with van der Waals surface area (Å²) in [5, 5.41) is 0. The zero-order chi connectivity index (χ0) is 16.4. The Morgan fingerprint density at radius 3 is 2.52 bits per heavy atom. The first kappa shape index (κ1) is 16.2. The molecule has 0 aromatic heterocycles. The fourth-order valence-electron chi connectivity index (χ4n) is 3.27. The predicted octanol–water partition coefficient (Wildman–Crippen LogP) is 4.08. The maximum atomic E-state index is 13.0. The summed E-state index contributed by atoms with van der Waals surface area (Å²) >= 11 is 0. The molecule has 2 aromatic carbocycles. The Hall–Kier alpha value is -1.65. The van der Waals surface area contributed by atoms with E-state index in [2.05, 4.69) is 13.0 Å². The van der Waals surface area contributed by atoms with Crippen LogP contribution in [-0.2, 0) is 16.4 Å². The van der Waals surface area contributed by atoms with Crippen LogP contribution in [0, 0.1) is 6.92 Å². The number of hydrogen-bond donors (Lipinski definition) is 0. The van der Waals surface area contributed by atoms with Crippen LogP contribution < -0.4 is 0 Å². The van der Waals surface area contributed by atoms with Gasteiger partial charge >= 0.3 is 0 Å². The van der Waals surface area contributed by atoms with Crippen LogP contribution in [0.3, 0.4) is 0 Å². The van der Waals surface area contributed by atoms with Crippen molar-refractivity contribution in [1.29, 1.82) is 0 Å². The molecule has 4 heteroatoms. The van der Waals surface area contributed by atoms with Gasteiger partial charge in [-0.1, -0.05) is 48.9 Å². The van der Waals surface area contributed by atoms with Crippen LogP contribution in [0.4, 0.5) is 0 Å². The van der Waals surface area contributed by atoms with Crippen molar-refractivity contribution in [3.63, 3.8) is 0 Å². The number of nitrogens with zero attached hydrogens (tertiary/aromatic N) is 1. The minimum atomic E-state index is -3.44. The van der Waals surface area contributed by atoms with Gasteiger partial charge in [-0.3, -0.25) is 0 Å².